The number of ether oxygens (including phenoxy) is 1. The largest absolute Gasteiger partial charge is 0.494 e. The SMILES string of the molecule is CCc1c(C(=O)CCCOc2ccc(C(=O)NC)cc2)oc2ccccc12. The molecule has 0 saturated carbocycles. The number of ketones is 1. The Balaban J connectivity index is 1.55. The zero-order valence-corrected chi connectivity index (χ0v) is 15.6. The van der Waals surface area contributed by atoms with Crippen LogP contribution in [0.25, 0.3) is 11.0 Å². The number of carbonyl (C=O) groups is 2. The van der Waals surface area contributed by atoms with E-state index in [0.717, 1.165) is 23.0 Å². The Morgan fingerprint density at radius 1 is 1.07 bits per heavy atom. The van der Waals surface area contributed by atoms with Crippen molar-refractivity contribution < 1.29 is 18.7 Å². The molecular weight excluding hydrogens is 342 g/mol. The summed E-state index contributed by atoms with van der Waals surface area (Å²) >= 11 is 0. The molecule has 0 bridgehead atoms. The van der Waals surface area contributed by atoms with Gasteiger partial charge in [0.15, 0.2) is 11.5 Å². The van der Waals surface area contributed by atoms with Crippen LogP contribution in [-0.2, 0) is 6.42 Å². The first-order valence-electron chi connectivity index (χ1n) is 9.12. The van der Waals surface area contributed by atoms with Crippen molar-refractivity contribution in [1.82, 2.24) is 5.32 Å². The fourth-order valence-corrected chi connectivity index (χ4v) is 3.06. The van der Waals surface area contributed by atoms with Crippen molar-refractivity contribution in [3.63, 3.8) is 0 Å². The van der Waals surface area contributed by atoms with Crippen molar-refractivity contribution in [1.29, 1.82) is 0 Å². The van der Waals surface area contributed by atoms with Crippen molar-refractivity contribution in [2.24, 2.45) is 0 Å². The molecule has 140 valence electrons. The van der Waals surface area contributed by atoms with Crippen LogP contribution >= 0.6 is 0 Å². The highest BCUT2D eigenvalue weighted by atomic mass is 16.5. The molecule has 1 amide bonds. The van der Waals surface area contributed by atoms with Gasteiger partial charge in [0.2, 0.25) is 0 Å². The highest BCUT2D eigenvalue weighted by molar-refractivity contribution is 6.00. The molecule has 0 radical (unpaired) electrons. The van der Waals surface area contributed by atoms with Gasteiger partial charge in [-0.15, -0.1) is 0 Å². The van der Waals surface area contributed by atoms with E-state index in [4.69, 9.17) is 9.15 Å². The van der Waals surface area contributed by atoms with E-state index in [1.807, 2.05) is 31.2 Å². The summed E-state index contributed by atoms with van der Waals surface area (Å²) in [6.45, 7) is 2.45. The van der Waals surface area contributed by atoms with Gasteiger partial charge < -0.3 is 14.5 Å². The molecule has 0 saturated heterocycles. The Hall–Kier alpha value is -3.08. The summed E-state index contributed by atoms with van der Waals surface area (Å²) in [4.78, 5) is 24.1. The van der Waals surface area contributed by atoms with Gasteiger partial charge in [-0.1, -0.05) is 25.1 Å². The summed E-state index contributed by atoms with van der Waals surface area (Å²) in [5.74, 6) is 1.01. The van der Waals surface area contributed by atoms with E-state index < -0.39 is 0 Å². The normalized spacial score (nSPS) is 10.7. The molecule has 0 aliphatic rings. The second kappa shape index (κ2) is 8.54. The minimum absolute atomic E-state index is 0.00150. The molecule has 27 heavy (non-hydrogen) atoms. The predicted octanol–water partition coefficient (Wildman–Crippen LogP) is 4.40. The third kappa shape index (κ3) is 4.19. The second-order valence-corrected chi connectivity index (χ2v) is 6.24. The van der Waals surface area contributed by atoms with Gasteiger partial charge in [0.25, 0.3) is 5.91 Å². The lowest BCUT2D eigenvalue weighted by molar-refractivity contribution is 0.0943. The van der Waals surface area contributed by atoms with Gasteiger partial charge >= 0.3 is 0 Å². The standard InChI is InChI=1S/C22H23NO4/c1-3-17-18-7-4-5-9-20(18)27-21(17)19(24)8-6-14-26-16-12-10-15(11-13-16)22(25)23-2/h4-5,7,9-13H,3,6,8,14H2,1-2H3,(H,23,25). The number of fused-ring (bicyclic) bond motifs is 1. The van der Waals surface area contributed by atoms with Crippen molar-refractivity contribution in [2.45, 2.75) is 26.2 Å². The number of amides is 1. The summed E-state index contributed by atoms with van der Waals surface area (Å²) in [6, 6.07) is 14.7. The summed E-state index contributed by atoms with van der Waals surface area (Å²) in [6.07, 6.45) is 1.71. The zero-order valence-electron chi connectivity index (χ0n) is 15.6. The maximum absolute atomic E-state index is 12.6. The molecule has 0 aliphatic heterocycles. The number of furan rings is 1. The van der Waals surface area contributed by atoms with Crippen LogP contribution in [0.1, 0.15) is 46.2 Å². The lowest BCUT2D eigenvalue weighted by Gasteiger charge is -2.07. The third-order valence-corrected chi connectivity index (χ3v) is 4.47. The molecule has 0 spiro atoms. The van der Waals surface area contributed by atoms with Crippen LogP contribution in [0.4, 0.5) is 0 Å². The number of hydrogen-bond acceptors (Lipinski definition) is 4. The molecule has 0 aliphatic carbocycles. The summed E-state index contributed by atoms with van der Waals surface area (Å²) in [5.41, 5.74) is 2.31. The predicted molar refractivity (Wildman–Crippen MR) is 104 cm³/mol. The fourth-order valence-electron chi connectivity index (χ4n) is 3.06. The van der Waals surface area contributed by atoms with E-state index in [1.54, 1.807) is 31.3 Å². The minimum Gasteiger partial charge on any atom is -0.494 e. The monoisotopic (exact) mass is 365 g/mol. The van der Waals surface area contributed by atoms with E-state index in [1.165, 1.54) is 0 Å². The van der Waals surface area contributed by atoms with E-state index in [0.29, 0.717) is 36.5 Å². The first-order valence-corrected chi connectivity index (χ1v) is 9.12. The van der Waals surface area contributed by atoms with Crippen molar-refractivity contribution in [3.8, 4) is 5.75 Å². The number of carbonyl (C=O) groups excluding carboxylic acids is 2. The highest BCUT2D eigenvalue weighted by Gasteiger charge is 2.18. The van der Waals surface area contributed by atoms with Crippen LogP contribution in [-0.4, -0.2) is 25.3 Å². The summed E-state index contributed by atoms with van der Waals surface area (Å²) in [5, 5.41) is 3.58. The summed E-state index contributed by atoms with van der Waals surface area (Å²) < 4.78 is 11.4. The molecule has 3 aromatic rings. The molecule has 1 aromatic heterocycles. The molecule has 0 fully saturated rings. The highest BCUT2D eigenvalue weighted by Crippen LogP contribution is 2.27. The van der Waals surface area contributed by atoms with Gasteiger partial charge in [-0.3, -0.25) is 9.59 Å². The quantitative estimate of drug-likeness (QED) is 0.475. The van der Waals surface area contributed by atoms with Crippen LogP contribution < -0.4 is 10.1 Å². The minimum atomic E-state index is -0.135. The van der Waals surface area contributed by atoms with Gasteiger partial charge in [0.05, 0.1) is 6.61 Å². The van der Waals surface area contributed by atoms with Gasteiger partial charge in [-0.05, 0) is 43.2 Å². The molecule has 1 heterocycles. The number of benzene rings is 2. The first-order chi connectivity index (χ1) is 13.1. The molecule has 5 nitrogen and oxygen atoms in total. The smallest absolute Gasteiger partial charge is 0.251 e. The average Bonchev–Trinajstić information content (AvgIpc) is 3.09. The molecule has 5 heteroatoms. The number of para-hydroxylation sites is 1. The second-order valence-electron chi connectivity index (χ2n) is 6.24. The Bertz CT molecular complexity index is 941. The van der Waals surface area contributed by atoms with Crippen LogP contribution in [0.2, 0.25) is 0 Å². The first kappa shape index (κ1) is 18.7. The molecular formula is C22H23NO4. The fraction of sp³-hybridized carbons (Fsp3) is 0.273. The zero-order chi connectivity index (χ0) is 19.2. The maximum atomic E-state index is 12.6. The van der Waals surface area contributed by atoms with E-state index in [9.17, 15) is 9.59 Å². The lowest BCUT2D eigenvalue weighted by atomic mass is 10.0. The molecule has 2 aromatic carbocycles. The number of hydrogen-bond donors (Lipinski definition) is 1. The topological polar surface area (TPSA) is 68.5 Å². The summed E-state index contributed by atoms with van der Waals surface area (Å²) in [7, 11) is 1.59. The lowest BCUT2D eigenvalue weighted by Crippen LogP contribution is -2.17. The number of nitrogens with one attached hydrogen (secondary N) is 1. The number of Topliss-reactive ketones (excluding diaryl/α,β-unsaturated/α-hetero) is 1. The number of aryl methyl sites for hydroxylation is 1. The van der Waals surface area contributed by atoms with Crippen molar-refractivity contribution in [2.75, 3.05) is 13.7 Å². The van der Waals surface area contributed by atoms with Crippen LogP contribution in [0.5, 0.6) is 5.75 Å². The molecule has 0 unspecified atom stereocenters. The van der Waals surface area contributed by atoms with Gasteiger partial charge in [0.1, 0.15) is 11.3 Å². The molecule has 0 atom stereocenters. The van der Waals surface area contributed by atoms with Crippen molar-refractivity contribution in [3.05, 3.63) is 65.4 Å². The Labute approximate surface area is 158 Å². The molecule has 1 N–H and O–H groups in total. The number of rotatable bonds is 8. The third-order valence-electron chi connectivity index (χ3n) is 4.47. The Morgan fingerprint density at radius 2 is 1.81 bits per heavy atom. The Kier molecular flexibility index (Phi) is 5.91. The van der Waals surface area contributed by atoms with Crippen LogP contribution in [0.3, 0.4) is 0 Å². The van der Waals surface area contributed by atoms with E-state index in [2.05, 4.69) is 5.32 Å². The average molecular weight is 365 g/mol. The maximum Gasteiger partial charge on any atom is 0.251 e. The van der Waals surface area contributed by atoms with Crippen LogP contribution in [0, 0.1) is 0 Å². The van der Waals surface area contributed by atoms with E-state index >= 15 is 0 Å². The van der Waals surface area contributed by atoms with Crippen molar-refractivity contribution >= 4 is 22.7 Å². The van der Waals surface area contributed by atoms with E-state index in [-0.39, 0.29) is 11.7 Å². The van der Waals surface area contributed by atoms with Gasteiger partial charge in [-0.25, -0.2) is 0 Å². The Morgan fingerprint density at radius 3 is 2.52 bits per heavy atom. The van der Waals surface area contributed by atoms with Crippen LogP contribution in [0.15, 0.2) is 52.9 Å². The molecule has 3 rings (SSSR count). The van der Waals surface area contributed by atoms with Gasteiger partial charge in [0, 0.05) is 30.0 Å². The van der Waals surface area contributed by atoms with Gasteiger partial charge in [-0.2, -0.15) is 0 Å².